The summed E-state index contributed by atoms with van der Waals surface area (Å²) in [6, 6.07) is 22.0. The van der Waals surface area contributed by atoms with E-state index in [1.54, 1.807) is 6.07 Å². The van der Waals surface area contributed by atoms with Crippen LogP contribution < -0.4 is 0 Å². The van der Waals surface area contributed by atoms with Gasteiger partial charge in [-0.1, -0.05) is 0 Å². The molecule has 0 nitrogen and oxygen atoms in total. The van der Waals surface area contributed by atoms with Crippen molar-refractivity contribution in [2.45, 2.75) is 0 Å². The van der Waals surface area contributed by atoms with Gasteiger partial charge in [-0.2, -0.15) is 18.2 Å². The minimum Gasteiger partial charge on any atom is -0.999 e. The van der Waals surface area contributed by atoms with E-state index in [-0.39, 0.29) is 17.1 Å². The fourth-order valence-electron chi connectivity index (χ4n) is 0.501. The second-order valence-corrected chi connectivity index (χ2v) is 1.65. The van der Waals surface area contributed by atoms with Crippen molar-refractivity contribution in [3.63, 3.8) is 0 Å². The van der Waals surface area contributed by atoms with Gasteiger partial charge in [0.25, 0.3) is 0 Å². The molecule has 0 aromatic heterocycles. The van der Waals surface area contributed by atoms with Crippen molar-refractivity contribution >= 4 is 0 Å². The SMILES string of the molecule is [Fe].[c-]1[c-][c-][cH-][c-]1.c1cc[cH-]c1. The summed E-state index contributed by atoms with van der Waals surface area (Å²) in [5, 5.41) is 0. The maximum Gasteiger partial charge on any atom is 0 e. The molecule has 0 radical (unpaired) electrons. The summed E-state index contributed by atoms with van der Waals surface area (Å²) >= 11 is 0. The normalized spacial score (nSPS) is 7.27. The van der Waals surface area contributed by atoms with Gasteiger partial charge in [0, 0.05) is 17.1 Å². The molecule has 0 aliphatic rings. The van der Waals surface area contributed by atoms with Crippen molar-refractivity contribution in [3.05, 3.63) is 60.7 Å². The first kappa shape index (κ1) is 10.2. The van der Waals surface area contributed by atoms with Crippen LogP contribution in [0, 0.1) is 24.3 Å². The summed E-state index contributed by atoms with van der Waals surface area (Å²) in [7, 11) is 0. The van der Waals surface area contributed by atoms with Crippen LogP contribution in [0.15, 0.2) is 36.4 Å². The molecule has 1 heteroatoms. The van der Waals surface area contributed by atoms with E-state index in [1.165, 1.54) is 0 Å². The largest absolute Gasteiger partial charge is 0.999 e. The van der Waals surface area contributed by atoms with Gasteiger partial charge < -0.3 is 30.3 Å². The van der Waals surface area contributed by atoms with E-state index in [4.69, 9.17) is 0 Å². The van der Waals surface area contributed by atoms with Crippen LogP contribution in [0.1, 0.15) is 0 Å². The number of rotatable bonds is 0. The molecule has 0 fully saturated rings. The second kappa shape index (κ2) is 7.33. The molecule has 2 aromatic rings. The molecule has 0 saturated heterocycles. The summed E-state index contributed by atoms with van der Waals surface area (Å²) in [4.78, 5) is 0. The van der Waals surface area contributed by atoms with E-state index in [0.29, 0.717) is 0 Å². The molecular weight excluding hydrogens is 176 g/mol. The molecule has 60 valence electrons. The van der Waals surface area contributed by atoms with Gasteiger partial charge in [-0.15, -0.1) is 0 Å². The summed E-state index contributed by atoms with van der Waals surface area (Å²) in [6.07, 6.45) is 0. The van der Waals surface area contributed by atoms with Crippen LogP contribution in [0.3, 0.4) is 0 Å². The van der Waals surface area contributed by atoms with Crippen molar-refractivity contribution in [2.75, 3.05) is 0 Å². The number of hydrogen-bond donors (Lipinski definition) is 0. The van der Waals surface area contributed by atoms with Crippen LogP contribution in [-0.4, -0.2) is 0 Å². The van der Waals surface area contributed by atoms with Gasteiger partial charge in [-0.05, 0) is 0 Å². The minimum absolute atomic E-state index is 0. The van der Waals surface area contributed by atoms with Crippen molar-refractivity contribution in [3.8, 4) is 0 Å². The van der Waals surface area contributed by atoms with E-state index >= 15 is 0 Å². The Morgan fingerprint density at radius 3 is 1.64 bits per heavy atom. The quantitative estimate of drug-likeness (QED) is 0.431. The minimum atomic E-state index is 0. The molecule has 2 rings (SSSR count). The van der Waals surface area contributed by atoms with Gasteiger partial charge in [0.15, 0.2) is 0 Å². The zero-order valence-electron chi connectivity index (χ0n) is 5.82. The molecule has 0 aliphatic heterocycles. The van der Waals surface area contributed by atoms with Gasteiger partial charge in [-0.25, -0.2) is 12.1 Å². The van der Waals surface area contributed by atoms with Crippen LogP contribution in [0.4, 0.5) is 0 Å². The van der Waals surface area contributed by atoms with Gasteiger partial charge in [0.1, 0.15) is 0 Å². The monoisotopic (exact) mass is 182 g/mol. The summed E-state index contributed by atoms with van der Waals surface area (Å²) in [5.74, 6) is 0. The van der Waals surface area contributed by atoms with E-state index in [9.17, 15) is 0 Å². The van der Waals surface area contributed by atoms with E-state index in [0.717, 1.165) is 0 Å². The van der Waals surface area contributed by atoms with E-state index < -0.39 is 0 Å². The molecule has 0 aliphatic carbocycles. The predicted molar refractivity (Wildman–Crippen MR) is 39.4 cm³/mol. The molecule has 0 heterocycles. The zero-order chi connectivity index (χ0) is 7.07. The fourth-order valence-corrected chi connectivity index (χ4v) is 0.501. The molecule has 0 amide bonds. The Labute approximate surface area is 78.1 Å². The van der Waals surface area contributed by atoms with Crippen LogP contribution in [0.5, 0.6) is 0 Å². The van der Waals surface area contributed by atoms with Crippen LogP contribution in [0.25, 0.3) is 0 Å². The average Bonchev–Trinajstić information content (AvgIpc) is 2.67. The van der Waals surface area contributed by atoms with E-state index in [2.05, 4.69) is 24.3 Å². The summed E-state index contributed by atoms with van der Waals surface area (Å²) < 4.78 is 0. The maximum atomic E-state index is 2.62. The van der Waals surface area contributed by atoms with Crippen LogP contribution >= 0.6 is 0 Å². The molecule has 0 N–H and O–H groups in total. The third kappa shape index (κ3) is 5.65. The van der Waals surface area contributed by atoms with Gasteiger partial charge in [0.2, 0.25) is 0 Å². The fraction of sp³-hybridized carbons (Fsp3) is 0. The van der Waals surface area contributed by atoms with Crippen molar-refractivity contribution in [1.29, 1.82) is 0 Å². The van der Waals surface area contributed by atoms with Gasteiger partial charge in [0.05, 0.1) is 0 Å². The van der Waals surface area contributed by atoms with E-state index in [1.807, 2.05) is 30.3 Å². The first-order valence-electron chi connectivity index (χ1n) is 2.99. The van der Waals surface area contributed by atoms with Crippen molar-refractivity contribution in [2.24, 2.45) is 0 Å². The summed E-state index contributed by atoms with van der Waals surface area (Å²) in [5.41, 5.74) is 0. The van der Waals surface area contributed by atoms with Crippen LogP contribution in [-0.2, 0) is 17.1 Å². The molecule has 0 spiro atoms. The first-order chi connectivity index (χ1) is 5.00. The Balaban J connectivity index is 0.000000167. The Kier molecular flexibility index (Phi) is 6.81. The predicted octanol–water partition coefficient (Wildman–Crippen LogP) is 2.01. The Morgan fingerprint density at radius 2 is 1.45 bits per heavy atom. The summed E-state index contributed by atoms with van der Waals surface area (Å²) in [6.45, 7) is 0. The third-order valence-electron chi connectivity index (χ3n) is 0.907. The third-order valence-corrected chi connectivity index (χ3v) is 0.907. The number of hydrogen-bond acceptors (Lipinski definition) is 0. The molecule has 0 unspecified atom stereocenters. The molecular formula is C10H6Fe-6. The Hall–Kier alpha value is -0.781. The Bertz CT molecular complexity index is 144. The molecule has 0 atom stereocenters. The molecule has 11 heavy (non-hydrogen) atoms. The molecule has 2 aromatic carbocycles. The van der Waals surface area contributed by atoms with Gasteiger partial charge >= 0.3 is 0 Å². The zero-order valence-corrected chi connectivity index (χ0v) is 6.92. The smallest absolute Gasteiger partial charge is 0 e. The van der Waals surface area contributed by atoms with Crippen molar-refractivity contribution < 1.29 is 17.1 Å². The molecule has 0 saturated carbocycles. The van der Waals surface area contributed by atoms with Crippen molar-refractivity contribution in [1.82, 2.24) is 0 Å². The maximum absolute atomic E-state index is 2.62. The second-order valence-electron chi connectivity index (χ2n) is 1.65. The molecule has 0 bridgehead atoms. The standard InChI is InChI=1S/C5H5.C5H.Fe/c2*1-2-4-5-3-1;/h1-5H;1H;/q-1;-5;. The Morgan fingerprint density at radius 1 is 0.909 bits per heavy atom. The first-order valence-corrected chi connectivity index (χ1v) is 2.99. The van der Waals surface area contributed by atoms with Gasteiger partial charge in [-0.3, -0.25) is 0 Å². The average molecular weight is 182 g/mol. The van der Waals surface area contributed by atoms with Crippen LogP contribution in [0.2, 0.25) is 0 Å². The topological polar surface area (TPSA) is 0 Å².